The second-order valence-electron chi connectivity index (χ2n) is 10.7. The van der Waals surface area contributed by atoms with Crippen molar-refractivity contribution < 1.29 is 0 Å². The van der Waals surface area contributed by atoms with Crippen LogP contribution in [0.5, 0.6) is 0 Å². The van der Waals surface area contributed by atoms with Crippen molar-refractivity contribution in [1.29, 1.82) is 0 Å². The predicted molar refractivity (Wildman–Crippen MR) is 164 cm³/mol. The summed E-state index contributed by atoms with van der Waals surface area (Å²) < 4.78 is 2.38. The number of para-hydroxylation sites is 3. The first-order valence-electron chi connectivity index (χ1n) is 13.7. The number of hydrogen-bond donors (Lipinski definition) is 0. The number of fused-ring (bicyclic) bond motifs is 6. The lowest BCUT2D eigenvalue weighted by Crippen LogP contribution is -2.28. The third kappa shape index (κ3) is 3.42. The van der Waals surface area contributed by atoms with Crippen LogP contribution in [0.15, 0.2) is 140 Å². The van der Waals surface area contributed by atoms with Gasteiger partial charge < -0.3 is 9.47 Å². The van der Waals surface area contributed by atoms with Gasteiger partial charge >= 0.3 is 0 Å². The molecule has 0 spiro atoms. The quantitative estimate of drug-likeness (QED) is 0.235. The molecule has 2 aliphatic rings. The van der Waals surface area contributed by atoms with Crippen molar-refractivity contribution in [2.24, 2.45) is 0 Å². The van der Waals surface area contributed by atoms with Crippen molar-refractivity contribution in [2.75, 3.05) is 4.90 Å². The fourth-order valence-electron chi connectivity index (χ4n) is 6.61. The number of nitrogens with zero attached hydrogens (tertiary/aromatic N) is 2. The van der Waals surface area contributed by atoms with E-state index in [-0.39, 0.29) is 6.04 Å². The standard InChI is InChI=1S/C37H28N2/c1-25-16-19-35-31(22-25)33-24-27(18-21-37(33)39(35)29-12-6-3-7-13-29)26-17-20-36-32(23-26)30-14-8-9-15-34(30)38(36)28-10-4-2-5-11-28/h2-24,33,37H,1H3. The van der Waals surface area contributed by atoms with Crippen LogP contribution in [-0.4, -0.2) is 10.6 Å². The van der Waals surface area contributed by atoms with Gasteiger partial charge in [-0.2, -0.15) is 0 Å². The fourth-order valence-corrected chi connectivity index (χ4v) is 6.61. The lowest BCUT2D eigenvalue weighted by molar-refractivity contribution is 0.747. The fraction of sp³-hybridized carbons (Fsp3) is 0.0811. The third-order valence-electron chi connectivity index (χ3n) is 8.35. The highest BCUT2D eigenvalue weighted by molar-refractivity contribution is 6.10. The van der Waals surface area contributed by atoms with E-state index in [9.17, 15) is 0 Å². The lowest BCUT2D eigenvalue weighted by atomic mass is 9.85. The molecule has 0 amide bonds. The number of aryl methyl sites for hydroxylation is 1. The van der Waals surface area contributed by atoms with Gasteiger partial charge in [-0.1, -0.05) is 96.6 Å². The summed E-state index contributed by atoms with van der Waals surface area (Å²) in [5.74, 6) is 0.307. The van der Waals surface area contributed by atoms with Gasteiger partial charge in [-0.05, 0) is 72.2 Å². The van der Waals surface area contributed by atoms with Crippen molar-refractivity contribution in [3.63, 3.8) is 0 Å². The number of anilines is 2. The molecular weight excluding hydrogens is 472 g/mol. The van der Waals surface area contributed by atoms with E-state index in [2.05, 4.69) is 156 Å². The second kappa shape index (κ2) is 8.61. The third-order valence-corrected chi connectivity index (χ3v) is 8.35. The molecule has 2 heterocycles. The van der Waals surface area contributed by atoms with E-state index >= 15 is 0 Å². The Hall–Kier alpha value is -4.82. The molecule has 1 aromatic heterocycles. The Morgan fingerprint density at radius 1 is 0.615 bits per heavy atom. The van der Waals surface area contributed by atoms with Gasteiger partial charge in [-0.25, -0.2) is 0 Å². The topological polar surface area (TPSA) is 8.17 Å². The summed E-state index contributed by atoms with van der Waals surface area (Å²) in [6.45, 7) is 2.19. The molecular formula is C37H28N2. The maximum absolute atomic E-state index is 2.50. The molecule has 6 aromatic rings. The van der Waals surface area contributed by atoms with Gasteiger partial charge in [0.25, 0.3) is 0 Å². The van der Waals surface area contributed by atoms with E-state index in [4.69, 9.17) is 0 Å². The van der Waals surface area contributed by atoms with E-state index in [1.807, 2.05) is 0 Å². The summed E-state index contributed by atoms with van der Waals surface area (Å²) in [4.78, 5) is 2.50. The van der Waals surface area contributed by atoms with E-state index < -0.39 is 0 Å². The average molecular weight is 501 g/mol. The molecule has 2 unspecified atom stereocenters. The maximum Gasteiger partial charge on any atom is 0.0630 e. The molecule has 0 N–H and O–H groups in total. The maximum atomic E-state index is 2.50. The highest BCUT2D eigenvalue weighted by Gasteiger charge is 2.38. The largest absolute Gasteiger partial charge is 0.333 e. The highest BCUT2D eigenvalue weighted by atomic mass is 15.2. The van der Waals surface area contributed by atoms with Gasteiger partial charge in [-0.15, -0.1) is 0 Å². The van der Waals surface area contributed by atoms with Crippen LogP contribution in [0.4, 0.5) is 11.4 Å². The van der Waals surface area contributed by atoms with Gasteiger partial charge in [0.2, 0.25) is 0 Å². The Morgan fingerprint density at radius 2 is 1.33 bits per heavy atom. The Kier molecular flexibility index (Phi) is 4.90. The van der Waals surface area contributed by atoms with Crippen molar-refractivity contribution in [3.8, 4) is 5.69 Å². The molecule has 5 aromatic carbocycles. The number of rotatable bonds is 3. The van der Waals surface area contributed by atoms with Crippen LogP contribution in [0.1, 0.15) is 22.6 Å². The zero-order chi connectivity index (χ0) is 25.9. The van der Waals surface area contributed by atoms with Crippen LogP contribution in [0.3, 0.4) is 0 Å². The van der Waals surface area contributed by atoms with Gasteiger partial charge in [0.15, 0.2) is 0 Å². The lowest BCUT2D eigenvalue weighted by Gasteiger charge is -2.29. The number of benzene rings is 5. The van der Waals surface area contributed by atoms with Gasteiger partial charge in [0.1, 0.15) is 0 Å². The number of aromatic nitrogens is 1. The summed E-state index contributed by atoms with van der Waals surface area (Å²) >= 11 is 0. The van der Waals surface area contributed by atoms with Gasteiger partial charge in [0.05, 0.1) is 17.1 Å². The number of hydrogen-bond acceptors (Lipinski definition) is 1. The first-order chi connectivity index (χ1) is 19.3. The van der Waals surface area contributed by atoms with Crippen LogP contribution in [0.25, 0.3) is 33.1 Å². The normalized spacial score (nSPS) is 17.9. The molecule has 39 heavy (non-hydrogen) atoms. The van der Waals surface area contributed by atoms with E-state index in [1.165, 1.54) is 61.1 Å². The zero-order valence-corrected chi connectivity index (χ0v) is 21.8. The minimum Gasteiger partial charge on any atom is -0.333 e. The van der Waals surface area contributed by atoms with Crippen molar-refractivity contribution in [1.82, 2.24) is 4.57 Å². The predicted octanol–water partition coefficient (Wildman–Crippen LogP) is 9.35. The Balaban J connectivity index is 1.27. The van der Waals surface area contributed by atoms with Crippen molar-refractivity contribution in [3.05, 3.63) is 156 Å². The molecule has 2 heteroatoms. The van der Waals surface area contributed by atoms with Crippen LogP contribution in [0.2, 0.25) is 0 Å². The van der Waals surface area contributed by atoms with Gasteiger partial charge in [0, 0.05) is 33.8 Å². The summed E-state index contributed by atoms with van der Waals surface area (Å²) in [7, 11) is 0. The average Bonchev–Trinajstić information content (AvgIpc) is 3.50. The first kappa shape index (κ1) is 22.2. The number of allylic oxidation sites excluding steroid dienone is 2. The molecule has 0 saturated carbocycles. The van der Waals surface area contributed by atoms with Gasteiger partial charge in [-0.3, -0.25) is 0 Å². The second-order valence-corrected chi connectivity index (χ2v) is 10.7. The molecule has 186 valence electrons. The first-order valence-corrected chi connectivity index (χ1v) is 13.7. The molecule has 2 nitrogen and oxygen atoms in total. The van der Waals surface area contributed by atoms with Crippen LogP contribution >= 0.6 is 0 Å². The minimum atomic E-state index is 0.275. The van der Waals surface area contributed by atoms with E-state index in [0.29, 0.717) is 5.92 Å². The van der Waals surface area contributed by atoms with Crippen molar-refractivity contribution in [2.45, 2.75) is 18.9 Å². The zero-order valence-electron chi connectivity index (χ0n) is 21.8. The molecule has 2 atom stereocenters. The Morgan fingerprint density at radius 3 is 2.15 bits per heavy atom. The van der Waals surface area contributed by atoms with E-state index in [0.717, 1.165) is 0 Å². The smallest absolute Gasteiger partial charge is 0.0630 e. The van der Waals surface area contributed by atoms with Crippen molar-refractivity contribution >= 4 is 38.8 Å². The molecule has 0 saturated heterocycles. The summed E-state index contributed by atoms with van der Waals surface area (Å²) in [5.41, 5.74) is 11.5. The molecule has 1 aliphatic carbocycles. The summed E-state index contributed by atoms with van der Waals surface area (Å²) in [6, 6.07) is 44.3. The Labute approximate surface area is 228 Å². The van der Waals surface area contributed by atoms with E-state index in [1.54, 1.807) is 0 Å². The molecule has 0 fully saturated rings. The molecule has 1 aliphatic heterocycles. The van der Waals surface area contributed by atoms with Crippen LogP contribution in [0, 0.1) is 6.92 Å². The minimum absolute atomic E-state index is 0.275. The Bertz CT molecular complexity index is 1930. The summed E-state index contributed by atoms with van der Waals surface area (Å²) in [5, 5.41) is 2.57. The SMILES string of the molecule is Cc1ccc2c(c1)C1C=C(c3ccc4c(c3)c3ccccc3n4-c3ccccc3)C=CC1N2c1ccccc1. The highest BCUT2D eigenvalue weighted by Crippen LogP contribution is 2.49. The van der Waals surface area contributed by atoms with Crippen LogP contribution in [-0.2, 0) is 0 Å². The van der Waals surface area contributed by atoms with Crippen LogP contribution < -0.4 is 4.90 Å². The monoisotopic (exact) mass is 500 g/mol. The molecule has 0 radical (unpaired) electrons. The molecule has 0 bridgehead atoms. The molecule has 8 rings (SSSR count). The summed E-state index contributed by atoms with van der Waals surface area (Å²) in [6.07, 6.45) is 7.22.